The quantitative estimate of drug-likeness (QED) is 0.545. The third-order valence-electron chi connectivity index (χ3n) is 1.65. The van der Waals surface area contributed by atoms with Crippen molar-refractivity contribution >= 4 is 9.84 Å². The molecular formula is C7H16O2S. The third kappa shape index (κ3) is 2.29. The van der Waals surface area contributed by atoms with Crippen LogP contribution in [0, 0.1) is 0 Å². The normalized spacial score (nSPS) is 28.9. The molecule has 0 saturated carbocycles. The molecule has 1 heterocycles. The van der Waals surface area contributed by atoms with Gasteiger partial charge in [0.05, 0.1) is 11.0 Å². The van der Waals surface area contributed by atoms with Gasteiger partial charge in [-0.25, -0.2) is 8.42 Å². The van der Waals surface area contributed by atoms with Gasteiger partial charge in [-0.15, -0.1) is 0 Å². The Labute approximate surface area is 63.6 Å². The second-order valence-electron chi connectivity index (χ2n) is 2.32. The Balaban J connectivity index is 0.000000371. The zero-order chi connectivity index (χ0) is 8.20. The van der Waals surface area contributed by atoms with E-state index in [0.717, 1.165) is 12.8 Å². The largest absolute Gasteiger partial charge is 0.229 e. The molecule has 2 nitrogen and oxygen atoms in total. The van der Waals surface area contributed by atoms with Gasteiger partial charge in [-0.1, -0.05) is 13.8 Å². The molecule has 0 bridgehead atoms. The zero-order valence-electron chi connectivity index (χ0n) is 6.92. The fourth-order valence-corrected chi connectivity index (χ4v) is 2.45. The summed E-state index contributed by atoms with van der Waals surface area (Å²) in [7, 11) is -2.62. The van der Waals surface area contributed by atoms with Crippen LogP contribution in [-0.2, 0) is 9.84 Å². The Kier molecular flexibility index (Phi) is 3.94. The first-order valence-electron chi connectivity index (χ1n) is 3.84. The van der Waals surface area contributed by atoms with E-state index in [1.165, 1.54) is 0 Å². The Morgan fingerprint density at radius 2 is 1.80 bits per heavy atom. The van der Waals surface area contributed by atoms with Gasteiger partial charge in [0.25, 0.3) is 0 Å². The van der Waals surface area contributed by atoms with E-state index in [2.05, 4.69) is 0 Å². The summed E-state index contributed by atoms with van der Waals surface area (Å²) in [5.74, 6) is 0.411. The lowest BCUT2D eigenvalue weighted by Gasteiger charge is -1.96. The first-order chi connectivity index (χ1) is 4.63. The van der Waals surface area contributed by atoms with Crippen LogP contribution in [0.25, 0.3) is 0 Å². The molecule has 1 aliphatic heterocycles. The number of hydrogen-bond acceptors (Lipinski definition) is 2. The Morgan fingerprint density at radius 3 is 1.90 bits per heavy atom. The lowest BCUT2D eigenvalue weighted by atomic mass is 10.3. The van der Waals surface area contributed by atoms with Crippen LogP contribution in [0.3, 0.4) is 0 Å². The second kappa shape index (κ2) is 3.96. The van der Waals surface area contributed by atoms with E-state index in [0.29, 0.717) is 5.75 Å². The van der Waals surface area contributed by atoms with Crippen LogP contribution in [0.15, 0.2) is 0 Å². The van der Waals surface area contributed by atoms with Crippen LogP contribution in [-0.4, -0.2) is 19.4 Å². The summed E-state index contributed by atoms with van der Waals surface area (Å²) in [5, 5.41) is -0.0671. The first kappa shape index (κ1) is 9.95. The van der Waals surface area contributed by atoms with E-state index >= 15 is 0 Å². The molecule has 1 aliphatic rings. The van der Waals surface area contributed by atoms with Gasteiger partial charge >= 0.3 is 0 Å². The van der Waals surface area contributed by atoms with Crippen LogP contribution in [0.5, 0.6) is 0 Å². The molecule has 0 aromatic carbocycles. The maximum Gasteiger partial charge on any atom is 0.152 e. The molecule has 1 atom stereocenters. The van der Waals surface area contributed by atoms with Crippen molar-refractivity contribution in [1.82, 2.24) is 0 Å². The van der Waals surface area contributed by atoms with Crippen LogP contribution in [0.1, 0.15) is 33.6 Å². The zero-order valence-corrected chi connectivity index (χ0v) is 7.74. The highest BCUT2D eigenvalue weighted by molar-refractivity contribution is 7.92. The summed E-state index contributed by atoms with van der Waals surface area (Å²) in [5.41, 5.74) is 0. The molecule has 0 aromatic heterocycles. The molecule has 0 aliphatic carbocycles. The molecule has 10 heavy (non-hydrogen) atoms. The molecule has 3 heteroatoms. The smallest absolute Gasteiger partial charge is 0.152 e. The standard InChI is InChI=1S/C5H10O2S.C2H6/c1-5-3-2-4-8(5,6)7;1-2/h5H,2-4H2,1H3;1-2H3. The summed E-state index contributed by atoms with van der Waals surface area (Å²) in [4.78, 5) is 0. The van der Waals surface area contributed by atoms with Gasteiger partial charge in [-0.3, -0.25) is 0 Å². The van der Waals surface area contributed by atoms with E-state index in [9.17, 15) is 8.42 Å². The van der Waals surface area contributed by atoms with Gasteiger partial charge in [0.2, 0.25) is 0 Å². The molecule has 0 aromatic rings. The number of sulfone groups is 1. The monoisotopic (exact) mass is 164 g/mol. The van der Waals surface area contributed by atoms with E-state index in [4.69, 9.17) is 0 Å². The molecule has 0 spiro atoms. The fourth-order valence-electron chi connectivity index (χ4n) is 0.953. The second-order valence-corrected chi connectivity index (χ2v) is 4.86. The van der Waals surface area contributed by atoms with Gasteiger partial charge < -0.3 is 0 Å². The van der Waals surface area contributed by atoms with E-state index in [1.807, 2.05) is 13.8 Å². The fraction of sp³-hybridized carbons (Fsp3) is 1.00. The lowest BCUT2D eigenvalue weighted by molar-refractivity contribution is 0.593. The summed E-state index contributed by atoms with van der Waals surface area (Å²) >= 11 is 0. The molecule has 1 fully saturated rings. The highest BCUT2D eigenvalue weighted by atomic mass is 32.2. The van der Waals surface area contributed by atoms with E-state index < -0.39 is 9.84 Å². The summed E-state index contributed by atoms with van der Waals surface area (Å²) < 4.78 is 21.5. The topological polar surface area (TPSA) is 34.1 Å². The average molecular weight is 164 g/mol. The number of rotatable bonds is 0. The molecule has 0 N–H and O–H groups in total. The van der Waals surface area contributed by atoms with E-state index in [1.54, 1.807) is 6.92 Å². The molecule has 1 unspecified atom stereocenters. The van der Waals surface area contributed by atoms with Gasteiger partial charge in [-0.05, 0) is 19.8 Å². The minimum Gasteiger partial charge on any atom is -0.229 e. The van der Waals surface area contributed by atoms with Gasteiger partial charge in [0.15, 0.2) is 9.84 Å². The number of hydrogen-bond donors (Lipinski definition) is 0. The van der Waals surface area contributed by atoms with Crippen LogP contribution in [0.4, 0.5) is 0 Å². The molecular weight excluding hydrogens is 148 g/mol. The maximum absolute atomic E-state index is 10.8. The predicted molar refractivity (Wildman–Crippen MR) is 43.8 cm³/mol. The molecule has 62 valence electrons. The summed E-state index contributed by atoms with van der Waals surface area (Å²) in [6, 6.07) is 0. The van der Waals surface area contributed by atoms with Crippen LogP contribution < -0.4 is 0 Å². The first-order valence-corrected chi connectivity index (χ1v) is 5.56. The van der Waals surface area contributed by atoms with Crippen molar-refractivity contribution in [2.24, 2.45) is 0 Å². The minimum absolute atomic E-state index is 0.0671. The molecule has 0 amide bonds. The highest BCUT2D eigenvalue weighted by Gasteiger charge is 2.26. The third-order valence-corrected chi connectivity index (χ3v) is 3.97. The average Bonchev–Trinajstić information content (AvgIpc) is 2.17. The van der Waals surface area contributed by atoms with Crippen molar-refractivity contribution in [2.75, 3.05) is 5.75 Å². The summed E-state index contributed by atoms with van der Waals surface area (Å²) in [6.07, 6.45) is 1.73. The van der Waals surface area contributed by atoms with Crippen molar-refractivity contribution in [3.63, 3.8) is 0 Å². The molecule has 1 rings (SSSR count). The van der Waals surface area contributed by atoms with Crippen molar-refractivity contribution < 1.29 is 8.42 Å². The van der Waals surface area contributed by atoms with Crippen molar-refractivity contribution in [2.45, 2.75) is 38.9 Å². The molecule has 0 radical (unpaired) electrons. The highest BCUT2D eigenvalue weighted by Crippen LogP contribution is 2.18. The Morgan fingerprint density at radius 1 is 1.30 bits per heavy atom. The summed E-state index contributed by atoms with van der Waals surface area (Å²) in [6.45, 7) is 5.78. The lowest BCUT2D eigenvalue weighted by Crippen LogP contribution is -2.10. The van der Waals surface area contributed by atoms with Crippen LogP contribution in [0.2, 0.25) is 0 Å². The SMILES string of the molecule is CC.CC1CCCS1(=O)=O. The van der Waals surface area contributed by atoms with E-state index in [-0.39, 0.29) is 5.25 Å². The Bertz CT molecular complexity index is 170. The van der Waals surface area contributed by atoms with Crippen molar-refractivity contribution in [3.05, 3.63) is 0 Å². The predicted octanol–water partition coefficient (Wildman–Crippen LogP) is 1.61. The Hall–Kier alpha value is -0.0500. The van der Waals surface area contributed by atoms with Crippen molar-refractivity contribution in [3.8, 4) is 0 Å². The minimum atomic E-state index is -2.62. The molecule has 1 saturated heterocycles. The van der Waals surface area contributed by atoms with Crippen molar-refractivity contribution in [1.29, 1.82) is 0 Å². The maximum atomic E-state index is 10.8. The van der Waals surface area contributed by atoms with Gasteiger partial charge in [0.1, 0.15) is 0 Å². The van der Waals surface area contributed by atoms with Gasteiger partial charge in [0, 0.05) is 0 Å². The van der Waals surface area contributed by atoms with Gasteiger partial charge in [-0.2, -0.15) is 0 Å². The van der Waals surface area contributed by atoms with Crippen LogP contribution >= 0.6 is 0 Å².